The minimum atomic E-state index is -0.477. The van der Waals surface area contributed by atoms with Gasteiger partial charge in [0, 0.05) is 97.7 Å². The summed E-state index contributed by atoms with van der Waals surface area (Å²) in [6.45, 7) is 5.41. The Morgan fingerprint density at radius 2 is 0.859 bits per heavy atom. The van der Waals surface area contributed by atoms with Gasteiger partial charge in [-0.2, -0.15) is 0 Å². The number of carbonyl (C=O) groups excluding carboxylic acids is 3. The standard InChI is InChI=1S/C21H20O7.C15H14O4.C15H10O4.C15H14O3.ClH/c1-12(22)26-17-6-4-15(5-7-17)16-8-19-20(25-11-16)9-18(27-13(2)23)10-21(19)28-14(3)24;2*16-11-3-1-9(2-4-11)10-5-13-14(18)6-12(17)7-15(13)19-8-10;16-12-7-14(17)13-6-11(9-18-15(13)8-12)10-4-2-1-3-5-10;/h4-7,9-10,16H,8,11H2,1-3H3;1-4,6-7,10,16-18H,5,8H2;1-8H,(H2-,16,17,18);1-5,7-8,11,16-17H,6,9H2;1H. The fourth-order valence-corrected chi connectivity index (χ4v) is 9.83. The van der Waals surface area contributed by atoms with Crippen LogP contribution in [0.15, 0.2) is 168 Å². The minimum absolute atomic E-state index is 0. The number of esters is 3. The van der Waals surface area contributed by atoms with Crippen molar-refractivity contribution in [3.63, 3.8) is 0 Å². The molecule has 18 nitrogen and oxygen atoms in total. The first kappa shape index (κ1) is 60.8. The number of fused-ring (bicyclic) bond motifs is 4. The third-order valence-corrected chi connectivity index (χ3v) is 13.8. The summed E-state index contributed by atoms with van der Waals surface area (Å²) in [7, 11) is 0. The topological polar surface area (TPSA) is 280 Å². The molecule has 8 N–H and O–H groups in total. The van der Waals surface area contributed by atoms with Crippen LogP contribution in [0.2, 0.25) is 0 Å². The molecule has 0 fully saturated rings. The second-order valence-corrected chi connectivity index (χ2v) is 20.0. The Morgan fingerprint density at radius 1 is 0.424 bits per heavy atom. The number of rotatable bonds is 7. The molecule has 438 valence electrons. The van der Waals surface area contributed by atoms with E-state index in [1.54, 1.807) is 66.7 Å². The average molecular weight is 1180 g/mol. The van der Waals surface area contributed by atoms with Gasteiger partial charge < -0.3 is 81.7 Å². The van der Waals surface area contributed by atoms with Crippen LogP contribution >= 0.6 is 0 Å². The SMILES string of the molecule is CC(=O)Oc1ccc(C2COc3cc(OC(C)=O)cc(OC(C)=O)c3C2)cc1.Oc1cc(O)c2c(c1)OCC(c1ccccc1)C2.Oc1ccc(-c2c[o+]c3cc(O)cc(O)c3c2)cc1.Oc1ccc(C2COc3cc(O)cc(O)c3C2)cc1.[Cl-]. The zero-order chi connectivity index (χ0) is 59.6. The van der Waals surface area contributed by atoms with E-state index >= 15 is 0 Å². The molecule has 0 aliphatic carbocycles. The van der Waals surface area contributed by atoms with E-state index in [9.17, 15) is 55.2 Å². The Morgan fingerprint density at radius 3 is 1.38 bits per heavy atom. The molecule has 0 bridgehead atoms. The number of hydrogen-bond donors (Lipinski definition) is 8. The van der Waals surface area contributed by atoms with Crippen LogP contribution in [0.1, 0.15) is 71.9 Å². The van der Waals surface area contributed by atoms with E-state index in [1.807, 2.05) is 42.5 Å². The first-order valence-corrected chi connectivity index (χ1v) is 26.5. The highest BCUT2D eigenvalue weighted by atomic mass is 35.5. The summed E-state index contributed by atoms with van der Waals surface area (Å²) in [5.41, 5.74) is 7.50. The van der Waals surface area contributed by atoms with Crippen LogP contribution in [-0.2, 0) is 33.6 Å². The lowest BCUT2D eigenvalue weighted by molar-refractivity contribution is -0.133. The molecule has 0 saturated carbocycles. The third kappa shape index (κ3) is 15.6. The molecule has 0 amide bonds. The number of halogens is 1. The fourth-order valence-electron chi connectivity index (χ4n) is 9.83. The van der Waals surface area contributed by atoms with Crippen LogP contribution in [0.3, 0.4) is 0 Å². The Labute approximate surface area is 493 Å². The molecule has 0 saturated heterocycles. The highest BCUT2D eigenvalue weighted by molar-refractivity contribution is 5.88. The number of ether oxygens (including phenoxy) is 6. The summed E-state index contributed by atoms with van der Waals surface area (Å²) >= 11 is 0. The van der Waals surface area contributed by atoms with Gasteiger partial charge in [-0.05, 0) is 84.0 Å². The molecule has 0 radical (unpaired) electrons. The quantitative estimate of drug-likeness (QED) is 0.0420. The van der Waals surface area contributed by atoms with Crippen LogP contribution in [0.5, 0.6) is 80.5 Å². The average Bonchev–Trinajstić information content (AvgIpc) is 3.65. The number of aromatic hydroxyl groups is 8. The van der Waals surface area contributed by atoms with Gasteiger partial charge in [-0.15, -0.1) is 0 Å². The molecule has 3 unspecified atom stereocenters. The van der Waals surface area contributed by atoms with Crippen molar-refractivity contribution in [3.8, 4) is 91.6 Å². The monoisotopic (exact) mass is 1170 g/mol. The van der Waals surface area contributed by atoms with Crippen LogP contribution in [0.4, 0.5) is 0 Å². The normalized spacial score (nSPS) is 15.1. The molecule has 1 aromatic heterocycles. The van der Waals surface area contributed by atoms with Crippen molar-refractivity contribution in [1.29, 1.82) is 0 Å². The number of phenols is 8. The van der Waals surface area contributed by atoms with Gasteiger partial charge in [-0.25, -0.2) is 4.42 Å². The van der Waals surface area contributed by atoms with Crippen LogP contribution < -0.4 is 40.8 Å². The van der Waals surface area contributed by atoms with Gasteiger partial charge in [0.05, 0.1) is 31.5 Å². The molecule has 3 aliphatic heterocycles. The number of phenolic OH excluding ortho intramolecular Hbond substituents is 8. The largest absolute Gasteiger partial charge is 1.00 e. The van der Waals surface area contributed by atoms with Gasteiger partial charge in [0.25, 0.3) is 0 Å². The van der Waals surface area contributed by atoms with Gasteiger partial charge in [0.15, 0.2) is 0 Å². The van der Waals surface area contributed by atoms with Crippen molar-refractivity contribution in [2.24, 2.45) is 0 Å². The summed E-state index contributed by atoms with van der Waals surface area (Å²) < 4.78 is 38.0. The predicted molar refractivity (Wildman–Crippen MR) is 308 cm³/mol. The lowest BCUT2D eigenvalue weighted by Crippen LogP contribution is -3.00. The molecule has 12 rings (SSSR count). The van der Waals surface area contributed by atoms with Gasteiger partial charge in [-0.1, -0.05) is 66.7 Å². The zero-order valence-electron chi connectivity index (χ0n) is 46.1. The lowest BCUT2D eigenvalue weighted by atomic mass is 9.90. The van der Waals surface area contributed by atoms with E-state index in [1.165, 1.54) is 69.0 Å². The third-order valence-electron chi connectivity index (χ3n) is 13.8. The van der Waals surface area contributed by atoms with E-state index in [0.29, 0.717) is 77.9 Å². The molecular weight excluding hydrogens is 1120 g/mol. The molecular formula is C66H59ClO18. The lowest BCUT2D eigenvalue weighted by Gasteiger charge is -2.27. The van der Waals surface area contributed by atoms with Crippen molar-refractivity contribution in [2.45, 2.75) is 57.8 Å². The van der Waals surface area contributed by atoms with E-state index in [0.717, 1.165) is 39.8 Å². The van der Waals surface area contributed by atoms with E-state index in [4.69, 9.17) is 32.8 Å². The smallest absolute Gasteiger partial charge is 0.367 e. The minimum Gasteiger partial charge on any atom is -1.00 e. The summed E-state index contributed by atoms with van der Waals surface area (Å²) in [6, 6.07) is 44.3. The van der Waals surface area contributed by atoms with Crippen molar-refractivity contribution < 1.29 is 100 Å². The maximum atomic E-state index is 11.5. The first-order valence-electron chi connectivity index (χ1n) is 26.5. The molecule has 85 heavy (non-hydrogen) atoms. The second kappa shape index (κ2) is 27.2. The number of benzene rings is 8. The first-order chi connectivity index (χ1) is 40.3. The summed E-state index contributed by atoms with van der Waals surface area (Å²) in [5, 5.41) is 76.8. The second-order valence-electron chi connectivity index (χ2n) is 20.0. The van der Waals surface area contributed by atoms with E-state index in [-0.39, 0.29) is 87.9 Å². The van der Waals surface area contributed by atoms with Crippen LogP contribution in [0, 0.1) is 0 Å². The Hall–Kier alpha value is -10.3. The van der Waals surface area contributed by atoms with Crippen molar-refractivity contribution in [3.05, 3.63) is 197 Å². The molecule has 3 atom stereocenters. The molecule has 8 aromatic carbocycles. The van der Waals surface area contributed by atoms with Gasteiger partial charge in [0.1, 0.15) is 85.9 Å². The molecule has 3 aliphatic rings. The van der Waals surface area contributed by atoms with Gasteiger partial charge in [0.2, 0.25) is 0 Å². The van der Waals surface area contributed by atoms with E-state index < -0.39 is 11.9 Å². The Balaban J connectivity index is 0.000000149. The van der Waals surface area contributed by atoms with Crippen LogP contribution in [-0.4, -0.2) is 78.6 Å². The number of carbonyl (C=O) groups is 3. The Kier molecular flexibility index (Phi) is 19.4. The van der Waals surface area contributed by atoms with Crippen molar-refractivity contribution in [2.75, 3.05) is 19.8 Å². The summed E-state index contributed by atoms with van der Waals surface area (Å²) in [5.74, 6) is 2.25. The molecule has 0 spiro atoms. The highest BCUT2D eigenvalue weighted by Gasteiger charge is 2.29. The van der Waals surface area contributed by atoms with Gasteiger partial charge >= 0.3 is 29.8 Å². The van der Waals surface area contributed by atoms with Gasteiger partial charge in [-0.3, -0.25) is 14.4 Å². The van der Waals surface area contributed by atoms with Crippen molar-refractivity contribution in [1.82, 2.24) is 0 Å². The van der Waals surface area contributed by atoms with Crippen LogP contribution in [0.25, 0.3) is 22.1 Å². The summed E-state index contributed by atoms with van der Waals surface area (Å²) in [6.07, 6.45) is 3.48. The maximum Gasteiger partial charge on any atom is 0.367 e. The van der Waals surface area contributed by atoms with Crippen molar-refractivity contribution >= 4 is 28.9 Å². The summed E-state index contributed by atoms with van der Waals surface area (Å²) in [4.78, 5) is 33.8. The molecule has 19 heteroatoms. The zero-order valence-corrected chi connectivity index (χ0v) is 46.9. The molecule has 9 aromatic rings. The highest BCUT2D eigenvalue weighted by Crippen LogP contribution is 2.44. The molecule has 4 heterocycles. The fraction of sp³-hybridized carbons (Fsp3) is 0.182. The predicted octanol–water partition coefficient (Wildman–Crippen LogP) is 9.02. The Bertz CT molecular complexity index is 3830. The number of hydrogen-bond acceptors (Lipinski definition) is 17. The van der Waals surface area contributed by atoms with E-state index in [2.05, 4.69) is 12.1 Å². The maximum absolute atomic E-state index is 11.5.